The lowest BCUT2D eigenvalue weighted by Crippen LogP contribution is -2.32. The van der Waals surface area contributed by atoms with Crippen LogP contribution in [-0.4, -0.2) is 25.0 Å². The van der Waals surface area contributed by atoms with Gasteiger partial charge in [-0.05, 0) is 31.2 Å². The Hall–Kier alpha value is -2.24. The molecule has 0 unspecified atom stereocenters. The number of hydrogen-bond acceptors (Lipinski definition) is 3. The molecule has 0 bridgehead atoms. The molecule has 0 radical (unpaired) electrons. The second kappa shape index (κ2) is 9.46. The maximum atomic E-state index is 12.3. The molecule has 0 heterocycles. The molecule has 0 aliphatic heterocycles. The van der Waals surface area contributed by atoms with Crippen LogP contribution in [0.2, 0.25) is 10.0 Å². The number of nitrogens with zero attached hydrogens (tertiary/aromatic N) is 1. The van der Waals surface area contributed by atoms with Crippen molar-refractivity contribution in [2.75, 3.05) is 23.4 Å². The summed E-state index contributed by atoms with van der Waals surface area (Å²) in [5, 5.41) is 3.36. The van der Waals surface area contributed by atoms with Gasteiger partial charge < -0.3 is 15.0 Å². The molecular formula is C19H20Cl2N2O3. The van der Waals surface area contributed by atoms with E-state index in [1.165, 1.54) is 11.8 Å². The predicted octanol–water partition coefficient (Wildman–Crippen LogP) is 4.77. The van der Waals surface area contributed by atoms with Gasteiger partial charge in [0.2, 0.25) is 11.8 Å². The van der Waals surface area contributed by atoms with E-state index in [4.69, 9.17) is 27.9 Å². The van der Waals surface area contributed by atoms with Gasteiger partial charge in [-0.15, -0.1) is 0 Å². The maximum absolute atomic E-state index is 12.3. The average Bonchev–Trinajstić information content (AvgIpc) is 2.60. The molecule has 138 valence electrons. The number of para-hydroxylation sites is 2. The number of nitrogens with one attached hydrogen (secondary N) is 1. The summed E-state index contributed by atoms with van der Waals surface area (Å²) >= 11 is 12.0. The summed E-state index contributed by atoms with van der Waals surface area (Å²) in [6.45, 7) is 4.02. The summed E-state index contributed by atoms with van der Waals surface area (Å²) in [5.74, 6) is 0.156. The smallest absolute Gasteiger partial charge is 0.226 e. The number of halogens is 2. The van der Waals surface area contributed by atoms with E-state index in [9.17, 15) is 9.59 Å². The summed E-state index contributed by atoms with van der Waals surface area (Å²) in [5.41, 5.74) is 1.07. The highest BCUT2D eigenvalue weighted by Crippen LogP contribution is 2.30. The number of amides is 2. The Bertz CT molecular complexity index is 796. The van der Waals surface area contributed by atoms with Gasteiger partial charge in [0, 0.05) is 19.9 Å². The fraction of sp³-hybridized carbons (Fsp3) is 0.263. The number of rotatable bonds is 7. The Morgan fingerprint density at radius 2 is 1.85 bits per heavy atom. The van der Waals surface area contributed by atoms with E-state index in [2.05, 4.69) is 5.32 Å². The third kappa shape index (κ3) is 5.13. The number of anilines is 2. The van der Waals surface area contributed by atoms with Crippen LogP contribution in [0.5, 0.6) is 5.75 Å². The highest BCUT2D eigenvalue weighted by Gasteiger charge is 2.18. The average molecular weight is 395 g/mol. The van der Waals surface area contributed by atoms with Crippen molar-refractivity contribution in [3.05, 3.63) is 52.5 Å². The summed E-state index contributed by atoms with van der Waals surface area (Å²) in [6.07, 6.45) is 0.100. The minimum Gasteiger partial charge on any atom is -0.492 e. The Balaban J connectivity index is 2.08. The van der Waals surface area contributed by atoms with Crippen LogP contribution in [0.1, 0.15) is 20.3 Å². The van der Waals surface area contributed by atoms with Crippen molar-refractivity contribution in [3.8, 4) is 5.75 Å². The molecule has 2 amide bonds. The number of carbonyl (C=O) groups is 2. The fourth-order valence-electron chi connectivity index (χ4n) is 2.43. The summed E-state index contributed by atoms with van der Waals surface area (Å²) < 4.78 is 5.57. The number of benzene rings is 2. The van der Waals surface area contributed by atoms with Crippen molar-refractivity contribution in [2.24, 2.45) is 0 Å². The lowest BCUT2D eigenvalue weighted by molar-refractivity contribution is -0.117. The zero-order valence-corrected chi connectivity index (χ0v) is 16.1. The van der Waals surface area contributed by atoms with Crippen LogP contribution in [0.3, 0.4) is 0 Å². The Morgan fingerprint density at radius 1 is 1.12 bits per heavy atom. The minimum absolute atomic E-state index is 0.100. The van der Waals surface area contributed by atoms with E-state index < -0.39 is 0 Å². The van der Waals surface area contributed by atoms with Gasteiger partial charge in [-0.3, -0.25) is 9.59 Å². The van der Waals surface area contributed by atoms with Crippen LogP contribution in [-0.2, 0) is 9.59 Å². The molecular weight excluding hydrogens is 375 g/mol. The zero-order valence-electron chi connectivity index (χ0n) is 14.6. The lowest BCUT2D eigenvalue weighted by atomic mass is 10.2. The van der Waals surface area contributed by atoms with Crippen LogP contribution in [0.15, 0.2) is 42.5 Å². The lowest BCUT2D eigenvalue weighted by Gasteiger charge is -2.23. The molecule has 0 aliphatic carbocycles. The second-order valence-electron chi connectivity index (χ2n) is 5.47. The molecule has 0 aromatic heterocycles. The molecule has 2 aromatic rings. The molecule has 26 heavy (non-hydrogen) atoms. The van der Waals surface area contributed by atoms with Gasteiger partial charge in [-0.2, -0.15) is 0 Å². The molecule has 2 aromatic carbocycles. The molecule has 2 rings (SSSR count). The van der Waals surface area contributed by atoms with Gasteiger partial charge >= 0.3 is 0 Å². The van der Waals surface area contributed by atoms with E-state index in [0.29, 0.717) is 28.8 Å². The van der Waals surface area contributed by atoms with E-state index in [1.54, 1.807) is 30.3 Å². The first-order valence-corrected chi connectivity index (χ1v) is 8.93. The Labute approximate surface area is 162 Å². The predicted molar refractivity (Wildman–Crippen MR) is 105 cm³/mol. The number of ether oxygens (including phenoxy) is 1. The van der Waals surface area contributed by atoms with Crippen LogP contribution >= 0.6 is 23.2 Å². The largest absolute Gasteiger partial charge is 0.492 e. The second-order valence-corrected chi connectivity index (χ2v) is 6.26. The number of carbonyl (C=O) groups excluding carboxylic acids is 2. The first-order chi connectivity index (χ1) is 12.4. The van der Waals surface area contributed by atoms with E-state index >= 15 is 0 Å². The molecule has 0 saturated heterocycles. The molecule has 7 heteroatoms. The first kappa shape index (κ1) is 20.1. The molecule has 0 spiro atoms. The highest BCUT2D eigenvalue weighted by atomic mass is 35.5. The van der Waals surface area contributed by atoms with Crippen molar-refractivity contribution in [1.29, 1.82) is 0 Å². The SMILES string of the molecule is CCOc1ccccc1N(CCC(=O)Nc1cccc(Cl)c1Cl)C(C)=O. The third-order valence-corrected chi connectivity index (χ3v) is 4.44. The molecule has 5 nitrogen and oxygen atoms in total. The monoisotopic (exact) mass is 394 g/mol. The van der Waals surface area contributed by atoms with Gasteiger partial charge in [0.15, 0.2) is 0 Å². The quantitative estimate of drug-likeness (QED) is 0.735. The molecule has 0 aliphatic rings. The van der Waals surface area contributed by atoms with Gasteiger partial charge in [0.1, 0.15) is 5.75 Å². The standard InChI is InChI=1S/C19H20Cl2N2O3/c1-3-26-17-10-5-4-9-16(17)23(13(2)24)12-11-18(25)22-15-8-6-7-14(20)19(15)21/h4-10H,3,11-12H2,1-2H3,(H,22,25). The van der Waals surface area contributed by atoms with Crippen molar-refractivity contribution >= 4 is 46.4 Å². The first-order valence-electron chi connectivity index (χ1n) is 8.17. The van der Waals surface area contributed by atoms with Crippen molar-refractivity contribution in [3.63, 3.8) is 0 Å². The van der Waals surface area contributed by atoms with Gasteiger partial charge in [0.25, 0.3) is 0 Å². The normalized spacial score (nSPS) is 10.3. The Morgan fingerprint density at radius 3 is 2.54 bits per heavy atom. The van der Waals surface area contributed by atoms with Crippen LogP contribution < -0.4 is 15.0 Å². The van der Waals surface area contributed by atoms with Crippen LogP contribution in [0, 0.1) is 0 Å². The van der Waals surface area contributed by atoms with Crippen molar-refractivity contribution in [2.45, 2.75) is 20.3 Å². The fourth-order valence-corrected chi connectivity index (χ4v) is 2.78. The van der Waals surface area contributed by atoms with Gasteiger partial charge in [0.05, 0.1) is 28.0 Å². The molecule has 1 N–H and O–H groups in total. The molecule has 0 atom stereocenters. The third-order valence-electron chi connectivity index (χ3n) is 3.62. The topological polar surface area (TPSA) is 58.6 Å². The summed E-state index contributed by atoms with van der Waals surface area (Å²) in [7, 11) is 0. The van der Waals surface area contributed by atoms with Crippen molar-refractivity contribution in [1.82, 2.24) is 0 Å². The van der Waals surface area contributed by atoms with E-state index in [1.807, 2.05) is 19.1 Å². The highest BCUT2D eigenvalue weighted by molar-refractivity contribution is 6.43. The number of hydrogen-bond donors (Lipinski definition) is 1. The maximum Gasteiger partial charge on any atom is 0.226 e. The van der Waals surface area contributed by atoms with E-state index in [-0.39, 0.29) is 29.8 Å². The minimum atomic E-state index is -0.269. The van der Waals surface area contributed by atoms with Gasteiger partial charge in [-0.25, -0.2) is 0 Å². The van der Waals surface area contributed by atoms with Gasteiger partial charge in [-0.1, -0.05) is 41.4 Å². The van der Waals surface area contributed by atoms with E-state index in [0.717, 1.165) is 0 Å². The zero-order chi connectivity index (χ0) is 19.1. The molecule has 0 saturated carbocycles. The Kier molecular flexibility index (Phi) is 7.30. The summed E-state index contributed by atoms with van der Waals surface area (Å²) in [4.78, 5) is 25.9. The van der Waals surface area contributed by atoms with Crippen LogP contribution in [0.4, 0.5) is 11.4 Å². The van der Waals surface area contributed by atoms with Crippen molar-refractivity contribution < 1.29 is 14.3 Å². The van der Waals surface area contributed by atoms with Crippen LogP contribution in [0.25, 0.3) is 0 Å². The summed E-state index contributed by atoms with van der Waals surface area (Å²) in [6, 6.07) is 12.2. The molecule has 0 fully saturated rings.